The van der Waals surface area contributed by atoms with Crippen molar-refractivity contribution in [3.05, 3.63) is 56.6 Å². The smallest absolute Gasteiger partial charge is 0.334 e. The first-order valence-corrected chi connectivity index (χ1v) is 9.14. The largest absolute Gasteiger partial charge is 0.471 e. The van der Waals surface area contributed by atoms with Gasteiger partial charge in [0.2, 0.25) is 5.82 Å². The van der Waals surface area contributed by atoms with Crippen molar-refractivity contribution in [2.75, 3.05) is 6.54 Å². The van der Waals surface area contributed by atoms with Crippen molar-refractivity contribution in [3.63, 3.8) is 0 Å². The third-order valence-corrected chi connectivity index (χ3v) is 5.53. The number of fused-ring (bicyclic) bond motifs is 1. The van der Waals surface area contributed by atoms with E-state index in [9.17, 15) is 18.0 Å². The third kappa shape index (κ3) is 3.44. The lowest BCUT2D eigenvalue weighted by Crippen LogP contribution is -2.35. The Hall–Kier alpha value is -2.39. The van der Waals surface area contributed by atoms with Crippen LogP contribution in [0.4, 0.5) is 13.2 Å². The van der Waals surface area contributed by atoms with Gasteiger partial charge in [-0.25, -0.2) is 0 Å². The molecule has 1 aliphatic rings. The normalized spacial score (nSPS) is 14.3. The number of alkyl halides is 3. The van der Waals surface area contributed by atoms with Crippen molar-refractivity contribution in [3.8, 4) is 11.4 Å². The van der Waals surface area contributed by atoms with E-state index in [1.54, 1.807) is 34.5 Å². The van der Waals surface area contributed by atoms with E-state index in [1.807, 2.05) is 0 Å². The van der Waals surface area contributed by atoms with Gasteiger partial charge in [-0.2, -0.15) is 18.2 Å². The van der Waals surface area contributed by atoms with Gasteiger partial charge in [-0.3, -0.25) is 4.79 Å². The Bertz CT molecular complexity index is 1020. The van der Waals surface area contributed by atoms with Gasteiger partial charge in [-0.05, 0) is 30.2 Å². The van der Waals surface area contributed by atoms with Crippen LogP contribution in [-0.4, -0.2) is 27.5 Å². The first-order valence-electron chi connectivity index (χ1n) is 7.88. The Balaban J connectivity index is 1.62. The van der Waals surface area contributed by atoms with E-state index in [0.29, 0.717) is 29.1 Å². The molecule has 4 rings (SSSR count). The van der Waals surface area contributed by atoms with Crippen LogP contribution in [0, 0.1) is 0 Å². The molecule has 1 aliphatic heterocycles. The summed E-state index contributed by atoms with van der Waals surface area (Å²) < 4.78 is 42.5. The molecule has 3 aromatic rings. The van der Waals surface area contributed by atoms with Crippen LogP contribution in [-0.2, 0) is 19.1 Å². The maximum absolute atomic E-state index is 12.7. The van der Waals surface area contributed by atoms with Crippen molar-refractivity contribution in [2.45, 2.75) is 19.1 Å². The second-order valence-corrected chi connectivity index (χ2v) is 7.36. The fourth-order valence-electron chi connectivity index (χ4n) is 2.93. The zero-order valence-electron chi connectivity index (χ0n) is 13.6. The monoisotopic (exact) mass is 413 g/mol. The number of benzene rings is 1. The molecule has 0 radical (unpaired) electrons. The van der Waals surface area contributed by atoms with Crippen molar-refractivity contribution >= 4 is 28.8 Å². The first-order chi connectivity index (χ1) is 12.8. The molecule has 1 amide bonds. The zero-order valence-corrected chi connectivity index (χ0v) is 15.2. The molecule has 5 nitrogen and oxygen atoms in total. The van der Waals surface area contributed by atoms with Gasteiger partial charge in [0.05, 0.1) is 0 Å². The van der Waals surface area contributed by atoms with Gasteiger partial charge < -0.3 is 9.42 Å². The van der Waals surface area contributed by atoms with Crippen LogP contribution in [0.2, 0.25) is 5.02 Å². The number of hydrogen-bond donors (Lipinski definition) is 0. The van der Waals surface area contributed by atoms with E-state index < -0.39 is 12.1 Å². The molecule has 1 aromatic carbocycles. The molecule has 0 saturated heterocycles. The molecule has 0 spiro atoms. The highest BCUT2D eigenvalue weighted by atomic mass is 35.5. The van der Waals surface area contributed by atoms with Crippen molar-refractivity contribution < 1.29 is 22.5 Å². The maximum atomic E-state index is 12.7. The second kappa shape index (κ2) is 6.65. The summed E-state index contributed by atoms with van der Waals surface area (Å²) in [5, 5.41) is 5.61. The van der Waals surface area contributed by atoms with Crippen molar-refractivity contribution in [1.29, 1.82) is 0 Å². The quantitative estimate of drug-likeness (QED) is 0.612. The Morgan fingerprint density at radius 3 is 2.85 bits per heavy atom. The molecular weight excluding hydrogens is 403 g/mol. The highest BCUT2D eigenvalue weighted by molar-refractivity contribution is 7.10. The molecule has 140 valence electrons. The molecule has 0 bridgehead atoms. The van der Waals surface area contributed by atoms with E-state index in [4.69, 9.17) is 11.6 Å². The molecule has 10 heteroatoms. The average molecular weight is 414 g/mol. The molecule has 0 saturated carbocycles. The number of thiophene rings is 1. The Kier molecular flexibility index (Phi) is 4.43. The lowest BCUT2D eigenvalue weighted by atomic mass is 10.0. The van der Waals surface area contributed by atoms with E-state index in [2.05, 4.69) is 14.7 Å². The zero-order chi connectivity index (χ0) is 19.2. The van der Waals surface area contributed by atoms with E-state index >= 15 is 0 Å². The fourth-order valence-corrected chi connectivity index (χ4v) is 4.15. The van der Waals surface area contributed by atoms with Crippen LogP contribution in [0.3, 0.4) is 0 Å². The number of amides is 1. The molecule has 0 atom stereocenters. The molecule has 27 heavy (non-hydrogen) atoms. The predicted octanol–water partition coefficient (Wildman–Crippen LogP) is 4.67. The fraction of sp³-hybridized carbons (Fsp3) is 0.235. The Labute approximate surface area is 160 Å². The average Bonchev–Trinajstić information content (AvgIpc) is 3.27. The minimum atomic E-state index is -4.70. The van der Waals surface area contributed by atoms with Gasteiger partial charge in [0, 0.05) is 39.5 Å². The van der Waals surface area contributed by atoms with Crippen molar-refractivity contribution in [2.24, 2.45) is 0 Å². The summed E-state index contributed by atoms with van der Waals surface area (Å²) in [6.07, 6.45) is -4.09. The predicted molar refractivity (Wildman–Crippen MR) is 92.5 cm³/mol. The summed E-state index contributed by atoms with van der Waals surface area (Å²) in [5.41, 5.74) is 1.66. The number of carbonyl (C=O) groups excluding carboxylic acids is 1. The van der Waals surface area contributed by atoms with Crippen LogP contribution in [0.5, 0.6) is 0 Å². The van der Waals surface area contributed by atoms with E-state index in [0.717, 1.165) is 10.4 Å². The number of rotatable bonds is 2. The summed E-state index contributed by atoms with van der Waals surface area (Å²) >= 11 is 7.36. The molecule has 0 N–H and O–H groups in total. The molecule has 3 heterocycles. The van der Waals surface area contributed by atoms with Crippen LogP contribution in [0.1, 0.15) is 26.7 Å². The molecule has 2 aromatic heterocycles. The molecule has 0 fully saturated rings. The highest BCUT2D eigenvalue weighted by Crippen LogP contribution is 2.36. The SMILES string of the molecule is O=C(c1cccc(Cl)c1)N1CCc2scc(-c3noc(C(F)(F)F)n3)c2C1. The van der Waals surface area contributed by atoms with E-state index in [-0.39, 0.29) is 18.3 Å². The summed E-state index contributed by atoms with van der Waals surface area (Å²) in [7, 11) is 0. The summed E-state index contributed by atoms with van der Waals surface area (Å²) in [6.45, 7) is 0.772. The molecular formula is C17H11ClF3N3O2S. The maximum Gasteiger partial charge on any atom is 0.471 e. The highest BCUT2D eigenvalue weighted by Gasteiger charge is 2.39. The van der Waals surface area contributed by atoms with Crippen LogP contribution < -0.4 is 0 Å². The van der Waals surface area contributed by atoms with Gasteiger partial charge in [-0.15, -0.1) is 11.3 Å². The summed E-state index contributed by atoms with van der Waals surface area (Å²) in [6, 6.07) is 6.63. The Morgan fingerprint density at radius 1 is 1.33 bits per heavy atom. The van der Waals surface area contributed by atoms with Crippen molar-refractivity contribution in [1.82, 2.24) is 15.0 Å². The summed E-state index contributed by atoms with van der Waals surface area (Å²) in [4.78, 5) is 18.8. The number of halogens is 4. The lowest BCUT2D eigenvalue weighted by molar-refractivity contribution is -0.159. The minimum Gasteiger partial charge on any atom is -0.334 e. The van der Waals surface area contributed by atoms with Gasteiger partial charge in [-0.1, -0.05) is 22.8 Å². The Morgan fingerprint density at radius 2 is 2.15 bits per heavy atom. The topological polar surface area (TPSA) is 59.2 Å². The standard InChI is InChI=1S/C17H11ClF3N3O2S/c18-10-3-1-2-9(6-10)15(25)24-5-4-13-11(7-24)12(8-27-13)14-22-16(26-23-14)17(19,20)21/h1-3,6,8H,4-5,7H2. The van der Waals surface area contributed by atoms with Crippen LogP contribution in [0.25, 0.3) is 11.4 Å². The van der Waals surface area contributed by atoms with Crippen LogP contribution in [0.15, 0.2) is 34.2 Å². The van der Waals surface area contributed by atoms with Crippen LogP contribution >= 0.6 is 22.9 Å². The van der Waals surface area contributed by atoms with E-state index in [1.165, 1.54) is 11.3 Å². The van der Waals surface area contributed by atoms with Gasteiger partial charge in [0.1, 0.15) is 0 Å². The molecule has 0 unspecified atom stereocenters. The second-order valence-electron chi connectivity index (χ2n) is 5.96. The number of aromatic nitrogens is 2. The molecule has 0 aliphatic carbocycles. The number of hydrogen-bond acceptors (Lipinski definition) is 5. The summed E-state index contributed by atoms with van der Waals surface area (Å²) in [5.74, 6) is -1.71. The first kappa shape index (κ1) is 18.0. The van der Waals surface area contributed by atoms with Gasteiger partial charge in [0.15, 0.2) is 0 Å². The number of carbonyl (C=O) groups is 1. The number of nitrogens with zero attached hydrogens (tertiary/aromatic N) is 3. The van der Waals surface area contributed by atoms with Gasteiger partial charge in [0.25, 0.3) is 5.91 Å². The third-order valence-electron chi connectivity index (χ3n) is 4.21. The minimum absolute atomic E-state index is 0.128. The lowest BCUT2D eigenvalue weighted by Gasteiger charge is -2.27. The van der Waals surface area contributed by atoms with Gasteiger partial charge >= 0.3 is 12.1 Å².